The fourth-order valence-corrected chi connectivity index (χ4v) is 4.17. The molecule has 0 bridgehead atoms. The fraction of sp³-hybridized carbons (Fsp3) is 0.107. The first-order chi connectivity index (χ1) is 15.7. The molecule has 0 heterocycles. The van der Waals surface area contributed by atoms with Crippen molar-refractivity contribution in [2.75, 3.05) is 11.1 Å². The third-order valence-electron chi connectivity index (χ3n) is 4.96. The molecule has 1 amide bonds. The molecule has 0 fully saturated rings. The van der Waals surface area contributed by atoms with E-state index in [1.165, 1.54) is 16.7 Å². The van der Waals surface area contributed by atoms with E-state index >= 15 is 0 Å². The number of hydrogen-bond acceptors (Lipinski definition) is 2. The Kier molecular flexibility index (Phi) is 7.26. The normalized spacial score (nSPS) is 10.5. The van der Waals surface area contributed by atoms with Crippen molar-refractivity contribution in [1.29, 1.82) is 0 Å². The molecule has 4 aromatic rings. The maximum Gasteiger partial charge on any atom is 0.228 e. The van der Waals surface area contributed by atoms with Crippen LogP contribution in [0, 0.1) is 0 Å². The number of carbonyl (C=O) groups excluding carboxylic acids is 1. The van der Waals surface area contributed by atoms with E-state index in [2.05, 4.69) is 24.4 Å². The highest BCUT2D eigenvalue weighted by Crippen LogP contribution is 2.35. The molecule has 0 aromatic heterocycles. The first-order valence-electron chi connectivity index (χ1n) is 10.7. The van der Waals surface area contributed by atoms with E-state index in [-0.39, 0.29) is 5.91 Å². The fourth-order valence-electron chi connectivity index (χ4n) is 3.45. The summed E-state index contributed by atoms with van der Waals surface area (Å²) in [5, 5.41) is 3.01. The number of nitrogens with one attached hydrogen (secondary N) is 1. The molecular weight excluding hydrogens is 414 g/mol. The quantitative estimate of drug-likeness (QED) is 0.250. The van der Waals surface area contributed by atoms with E-state index in [1.54, 1.807) is 0 Å². The van der Waals surface area contributed by atoms with Gasteiger partial charge in [-0.3, -0.25) is 4.79 Å². The van der Waals surface area contributed by atoms with Gasteiger partial charge < -0.3 is 10.1 Å². The van der Waals surface area contributed by atoms with Gasteiger partial charge >= 0.3 is 0 Å². The molecule has 0 saturated heterocycles. The number of para-hydroxylation sites is 1. The topological polar surface area (TPSA) is 38.3 Å². The predicted octanol–water partition coefficient (Wildman–Crippen LogP) is 6.52. The molecule has 32 heavy (non-hydrogen) atoms. The molecule has 3 nitrogen and oxygen atoms in total. The van der Waals surface area contributed by atoms with Gasteiger partial charge in [0.05, 0.1) is 6.42 Å². The Balaban J connectivity index is 1.53. The Hall–Kier alpha value is -3.50. The molecule has 0 spiro atoms. The zero-order valence-corrected chi connectivity index (χ0v) is 18.9. The summed E-state index contributed by atoms with van der Waals surface area (Å²) in [7, 11) is 0. The van der Waals surface area contributed by atoms with Crippen LogP contribution in [-0.4, -0.2) is 11.7 Å². The zero-order chi connectivity index (χ0) is 22.2. The molecule has 160 valence electrons. The minimum atomic E-state index is -0.0519. The minimum Gasteiger partial charge on any atom is -0.457 e. The van der Waals surface area contributed by atoms with Crippen molar-refractivity contribution < 1.29 is 9.53 Å². The summed E-state index contributed by atoms with van der Waals surface area (Å²) >= 11 is 1.30. The number of anilines is 1. The Morgan fingerprint density at radius 1 is 0.844 bits per heavy atom. The van der Waals surface area contributed by atoms with Crippen LogP contribution in [0.15, 0.2) is 108 Å². The van der Waals surface area contributed by atoms with Gasteiger partial charge in [0, 0.05) is 29.1 Å². The van der Waals surface area contributed by atoms with Crippen molar-refractivity contribution in [2.45, 2.75) is 18.2 Å². The molecule has 4 rings (SSSR count). The van der Waals surface area contributed by atoms with E-state index in [1.807, 2.05) is 91.0 Å². The lowest BCUT2D eigenvalue weighted by atomic mass is 10.0. The van der Waals surface area contributed by atoms with Gasteiger partial charge in [0.15, 0.2) is 4.90 Å². The number of ether oxygens (including phenoxy) is 1. The predicted molar refractivity (Wildman–Crippen MR) is 135 cm³/mol. The van der Waals surface area contributed by atoms with Crippen molar-refractivity contribution in [2.24, 2.45) is 0 Å². The van der Waals surface area contributed by atoms with Crippen LogP contribution in [0.2, 0.25) is 0 Å². The van der Waals surface area contributed by atoms with Crippen LogP contribution in [0.1, 0.15) is 12.5 Å². The summed E-state index contributed by atoms with van der Waals surface area (Å²) in [5.41, 5.74) is 3.74. The maximum atomic E-state index is 12.7. The molecule has 0 saturated carbocycles. The molecule has 4 heteroatoms. The van der Waals surface area contributed by atoms with E-state index < -0.39 is 0 Å². The monoisotopic (exact) mass is 440 g/mol. The molecule has 4 aromatic carbocycles. The molecule has 0 unspecified atom stereocenters. The summed E-state index contributed by atoms with van der Waals surface area (Å²) in [5.74, 6) is 2.48. The molecule has 1 N–H and O–H groups in total. The minimum absolute atomic E-state index is 0.0519. The number of rotatable bonds is 8. The van der Waals surface area contributed by atoms with E-state index in [0.717, 1.165) is 28.2 Å². The standard InChI is InChI=1S/C28H25NO2S/c1-2-32-25-16-13-21(14-17-25)19-28(30)29-23-15-18-26(22-9-5-3-6-10-22)27(20-23)31-24-11-7-4-8-12-24/h3-18,20H,2,19H2,1H3,(H,29,30)/p+1. The Labute approximate surface area is 193 Å². The van der Waals surface area contributed by atoms with Gasteiger partial charge in [0.2, 0.25) is 5.91 Å². The Bertz CT molecular complexity index is 1160. The van der Waals surface area contributed by atoms with E-state index in [9.17, 15) is 4.79 Å². The summed E-state index contributed by atoms with van der Waals surface area (Å²) in [4.78, 5) is 13.9. The van der Waals surface area contributed by atoms with Gasteiger partial charge in [0.1, 0.15) is 17.3 Å². The van der Waals surface area contributed by atoms with Crippen LogP contribution in [0.3, 0.4) is 0 Å². The van der Waals surface area contributed by atoms with Gasteiger partial charge in [-0.05, 0) is 54.4 Å². The number of amides is 1. The number of benzene rings is 4. The van der Waals surface area contributed by atoms with Crippen molar-refractivity contribution in [1.82, 2.24) is 0 Å². The molecule has 0 radical (unpaired) electrons. The second kappa shape index (κ2) is 10.7. The lowest BCUT2D eigenvalue weighted by Crippen LogP contribution is -2.14. The molecule has 0 aliphatic heterocycles. The second-order valence-corrected chi connectivity index (χ2v) is 8.82. The smallest absolute Gasteiger partial charge is 0.228 e. The van der Waals surface area contributed by atoms with Gasteiger partial charge in [-0.15, -0.1) is 0 Å². The van der Waals surface area contributed by atoms with Crippen LogP contribution in [0.4, 0.5) is 5.69 Å². The highest BCUT2D eigenvalue weighted by Gasteiger charge is 2.11. The van der Waals surface area contributed by atoms with Crippen LogP contribution in [0.5, 0.6) is 11.5 Å². The van der Waals surface area contributed by atoms with Crippen molar-refractivity contribution in [3.8, 4) is 22.6 Å². The highest BCUT2D eigenvalue weighted by atomic mass is 32.2. The average molecular weight is 441 g/mol. The molecule has 0 aliphatic rings. The van der Waals surface area contributed by atoms with Crippen molar-refractivity contribution >= 4 is 23.4 Å². The van der Waals surface area contributed by atoms with Crippen LogP contribution >= 0.6 is 0 Å². The van der Waals surface area contributed by atoms with Crippen LogP contribution in [-0.2, 0) is 23.0 Å². The maximum absolute atomic E-state index is 12.7. The van der Waals surface area contributed by atoms with Crippen LogP contribution < -0.4 is 10.1 Å². The van der Waals surface area contributed by atoms with Crippen LogP contribution in [0.25, 0.3) is 11.1 Å². The van der Waals surface area contributed by atoms with Gasteiger partial charge in [0.25, 0.3) is 0 Å². The third kappa shape index (κ3) is 5.80. The lowest BCUT2D eigenvalue weighted by Gasteiger charge is -2.14. The van der Waals surface area contributed by atoms with Gasteiger partial charge in [-0.1, -0.05) is 60.7 Å². The van der Waals surface area contributed by atoms with Crippen molar-refractivity contribution in [3.05, 3.63) is 109 Å². The summed E-state index contributed by atoms with van der Waals surface area (Å²) < 4.78 is 6.19. The number of hydrogen-bond donors (Lipinski definition) is 1. The molecule has 0 aliphatic carbocycles. The highest BCUT2D eigenvalue weighted by molar-refractivity contribution is 7.78. The van der Waals surface area contributed by atoms with E-state index in [4.69, 9.17) is 4.74 Å². The second-order valence-electron chi connectivity index (χ2n) is 7.36. The molecule has 0 atom stereocenters. The van der Waals surface area contributed by atoms with E-state index in [0.29, 0.717) is 17.9 Å². The van der Waals surface area contributed by atoms with Gasteiger partial charge in [-0.25, -0.2) is 0 Å². The first kappa shape index (κ1) is 21.7. The largest absolute Gasteiger partial charge is 0.457 e. The number of carbonyl (C=O) groups is 1. The lowest BCUT2D eigenvalue weighted by molar-refractivity contribution is -0.115. The summed E-state index contributed by atoms with van der Waals surface area (Å²) in [6, 6.07) is 33.8. The third-order valence-corrected chi connectivity index (χ3v) is 5.94. The summed E-state index contributed by atoms with van der Waals surface area (Å²) in [6.07, 6.45) is 0.332. The van der Waals surface area contributed by atoms with Crippen molar-refractivity contribution in [3.63, 3.8) is 0 Å². The average Bonchev–Trinajstić information content (AvgIpc) is 2.82. The first-order valence-corrected chi connectivity index (χ1v) is 11.8. The Morgan fingerprint density at radius 3 is 2.22 bits per heavy atom. The summed E-state index contributed by atoms with van der Waals surface area (Å²) in [6.45, 7) is 2.15. The molecular formula is C28H26NO2S+. The van der Waals surface area contributed by atoms with Gasteiger partial charge in [-0.2, -0.15) is 0 Å². The SMILES string of the molecule is CC[SH+]c1ccc(CC(=O)Nc2ccc(-c3ccccc3)c(Oc3ccccc3)c2)cc1. The zero-order valence-electron chi connectivity index (χ0n) is 18.0. The Morgan fingerprint density at radius 2 is 1.53 bits per heavy atom. The number of thiol groups is 1.